The van der Waals surface area contributed by atoms with Crippen LogP contribution in [-0.4, -0.2) is 35.2 Å². The van der Waals surface area contributed by atoms with Gasteiger partial charge in [-0.25, -0.2) is 4.98 Å². The van der Waals surface area contributed by atoms with E-state index < -0.39 is 0 Å². The molecular weight excluding hydrogens is 342 g/mol. The number of aromatic amines is 1. The van der Waals surface area contributed by atoms with Gasteiger partial charge in [-0.2, -0.15) is 0 Å². The molecule has 1 amide bonds. The first-order valence-electron chi connectivity index (χ1n) is 9.57. The summed E-state index contributed by atoms with van der Waals surface area (Å²) in [5, 5.41) is 11.4. The van der Waals surface area contributed by atoms with Crippen molar-refractivity contribution < 1.29 is 4.79 Å². The molecule has 2 N–H and O–H groups in total. The van der Waals surface area contributed by atoms with Crippen molar-refractivity contribution in [2.24, 2.45) is 0 Å². The molecule has 1 fully saturated rings. The van der Waals surface area contributed by atoms with Gasteiger partial charge in [0.15, 0.2) is 5.82 Å². The summed E-state index contributed by atoms with van der Waals surface area (Å²) in [5.74, 6) is 0.780. The summed E-state index contributed by atoms with van der Waals surface area (Å²) in [4.78, 5) is 20.1. The van der Waals surface area contributed by atoms with Crippen LogP contribution in [0.15, 0.2) is 43.4 Å². The highest BCUT2D eigenvalue weighted by Gasteiger charge is 2.23. The maximum absolute atomic E-state index is 12.9. The quantitative estimate of drug-likeness (QED) is 0.670. The van der Waals surface area contributed by atoms with E-state index in [1.54, 1.807) is 18.9 Å². The Hall–Kier alpha value is -2.90. The van der Waals surface area contributed by atoms with E-state index in [0.717, 1.165) is 24.4 Å². The fraction of sp³-hybridized carbons (Fsp3) is 0.474. The van der Waals surface area contributed by atoms with Crippen molar-refractivity contribution in [3.05, 3.63) is 54.9 Å². The zero-order valence-corrected chi connectivity index (χ0v) is 15.3. The van der Waals surface area contributed by atoms with Crippen molar-refractivity contribution in [1.29, 1.82) is 0 Å². The number of hydrogen-bond donors (Lipinski definition) is 2. The van der Waals surface area contributed by atoms with E-state index in [1.165, 1.54) is 19.3 Å². The van der Waals surface area contributed by atoms with Crippen LogP contribution in [0.25, 0.3) is 0 Å². The van der Waals surface area contributed by atoms with Crippen LogP contribution < -0.4 is 5.32 Å². The van der Waals surface area contributed by atoms with Crippen LogP contribution in [0.3, 0.4) is 0 Å². The molecule has 0 unspecified atom stereocenters. The monoisotopic (exact) mass is 367 g/mol. The molecule has 0 aliphatic heterocycles. The van der Waals surface area contributed by atoms with E-state index in [4.69, 9.17) is 0 Å². The van der Waals surface area contributed by atoms with E-state index in [1.807, 2.05) is 29.1 Å². The van der Waals surface area contributed by atoms with E-state index in [2.05, 4.69) is 30.0 Å². The number of nitrogens with zero attached hydrogens (tertiary/aromatic N) is 5. The second-order valence-corrected chi connectivity index (χ2v) is 7.09. The summed E-state index contributed by atoms with van der Waals surface area (Å²) in [7, 11) is 0. The molecule has 1 aliphatic carbocycles. The van der Waals surface area contributed by atoms with Gasteiger partial charge in [0.25, 0.3) is 0 Å². The zero-order valence-electron chi connectivity index (χ0n) is 15.3. The number of carbonyl (C=O) groups is 1. The van der Waals surface area contributed by atoms with Gasteiger partial charge in [0.2, 0.25) is 5.91 Å². The Balaban J connectivity index is 1.43. The van der Waals surface area contributed by atoms with E-state index in [-0.39, 0.29) is 11.9 Å². The predicted octanol–water partition coefficient (Wildman–Crippen LogP) is 2.41. The van der Waals surface area contributed by atoms with Crippen LogP contribution in [0, 0.1) is 0 Å². The topological polar surface area (TPSA) is 93.4 Å². The third-order valence-electron chi connectivity index (χ3n) is 5.29. The lowest BCUT2D eigenvalue weighted by atomic mass is 9.95. The molecule has 1 saturated carbocycles. The van der Waals surface area contributed by atoms with Crippen LogP contribution in [0.4, 0.5) is 0 Å². The van der Waals surface area contributed by atoms with Gasteiger partial charge < -0.3 is 19.4 Å². The second-order valence-electron chi connectivity index (χ2n) is 7.09. The minimum atomic E-state index is -0.341. The van der Waals surface area contributed by atoms with Gasteiger partial charge >= 0.3 is 0 Å². The lowest BCUT2D eigenvalue weighted by molar-refractivity contribution is -0.124. The number of imidazole rings is 1. The fourth-order valence-electron chi connectivity index (χ4n) is 3.83. The number of amides is 1. The van der Waals surface area contributed by atoms with Crippen LogP contribution in [0.5, 0.6) is 0 Å². The number of H-pyrrole nitrogens is 1. The highest BCUT2D eigenvalue weighted by atomic mass is 16.2. The predicted molar refractivity (Wildman–Crippen MR) is 99.8 cm³/mol. The zero-order chi connectivity index (χ0) is 18.5. The molecule has 8 heteroatoms. The maximum atomic E-state index is 12.9. The van der Waals surface area contributed by atoms with Crippen LogP contribution in [0.2, 0.25) is 0 Å². The molecule has 0 radical (unpaired) electrons. The molecule has 1 atom stereocenters. The molecule has 3 aromatic heterocycles. The van der Waals surface area contributed by atoms with Crippen molar-refractivity contribution >= 4 is 5.91 Å². The van der Waals surface area contributed by atoms with Crippen LogP contribution >= 0.6 is 0 Å². The fourth-order valence-corrected chi connectivity index (χ4v) is 3.83. The number of nitrogens with one attached hydrogen (secondary N) is 2. The van der Waals surface area contributed by atoms with Crippen molar-refractivity contribution in [2.45, 2.75) is 57.2 Å². The van der Waals surface area contributed by atoms with Gasteiger partial charge in [-0.05, 0) is 25.0 Å². The Kier molecular flexibility index (Phi) is 5.32. The molecular formula is C19H25N7O. The Morgan fingerprint density at radius 1 is 1.26 bits per heavy atom. The first-order chi connectivity index (χ1) is 13.3. The lowest BCUT2D eigenvalue weighted by Crippen LogP contribution is -2.34. The van der Waals surface area contributed by atoms with Crippen LogP contribution in [0.1, 0.15) is 55.7 Å². The average Bonchev–Trinajstić information content (AvgIpc) is 3.47. The van der Waals surface area contributed by atoms with Gasteiger partial charge in [-0.3, -0.25) is 4.79 Å². The average molecular weight is 367 g/mol. The first kappa shape index (κ1) is 17.5. The van der Waals surface area contributed by atoms with E-state index in [0.29, 0.717) is 19.0 Å². The Labute approximate surface area is 158 Å². The summed E-state index contributed by atoms with van der Waals surface area (Å²) in [5.41, 5.74) is 0.925. The molecule has 1 aliphatic rings. The Bertz CT molecular complexity index is 831. The molecule has 8 nitrogen and oxygen atoms in total. The Morgan fingerprint density at radius 3 is 2.81 bits per heavy atom. The normalized spacial score (nSPS) is 16.3. The largest absolute Gasteiger partial charge is 0.348 e. The highest BCUT2D eigenvalue weighted by molar-refractivity contribution is 5.80. The molecule has 142 valence electrons. The standard InChI is InChI=1S/C19H25N7O/c27-19(17(25-8-4-5-9-25)10-15-11-20-13-22-15)21-12-18-24-23-14-26(18)16-6-2-1-3-7-16/h4-5,8-9,11,13-14,16-17H,1-3,6-7,10,12H2,(H,20,22)(H,21,27)/t17-/m0/s1. The van der Waals surface area contributed by atoms with Crippen molar-refractivity contribution in [1.82, 2.24) is 34.6 Å². The summed E-state index contributed by atoms with van der Waals surface area (Å²) in [6.07, 6.45) is 15.7. The molecule has 27 heavy (non-hydrogen) atoms. The Morgan fingerprint density at radius 2 is 2.07 bits per heavy atom. The smallest absolute Gasteiger partial charge is 0.243 e. The number of aromatic nitrogens is 6. The first-order valence-corrected chi connectivity index (χ1v) is 9.57. The minimum Gasteiger partial charge on any atom is -0.348 e. The van der Waals surface area contributed by atoms with Gasteiger partial charge in [0.05, 0.1) is 12.9 Å². The van der Waals surface area contributed by atoms with Crippen LogP contribution in [-0.2, 0) is 17.8 Å². The third-order valence-corrected chi connectivity index (χ3v) is 5.29. The summed E-state index contributed by atoms with van der Waals surface area (Å²) < 4.78 is 4.06. The SMILES string of the molecule is O=C(NCc1nncn1C1CCCCC1)[C@H](Cc1cnc[nH]1)n1cccc1. The van der Waals surface area contributed by atoms with E-state index >= 15 is 0 Å². The van der Waals surface area contributed by atoms with Crippen molar-refractivity contribution in [2.75, 3.05) is 0 Å². The minimum absolute atomic E-state index is 0.0426. The highest BCUT2D eigenvalue weighted by Crippen LogP contribution is 2.28. The summed E-state index contributed by atoms with van der Waals surface area (Å²) >= 11 is 0. The molecule has 0 spiro atoms. The number of rotatable bonds is 7. The molecule has 0 aromatic carbocycles. The van der Waals surface area contributed by atoms with Gasteiger partial charge in [-0.1, -0.05) is 19.3 Å². The third kappa shape index (κ3) is 4.10. The number of carbonyl (C=O) groups excluding carboxylic acids is 1. The molecule has 0 saturated heterocycles. The summed E-state index contributed by atoms with van der Waals surface area (Å²) in [6, 6.07) is 3.96. The van der Waals surface area contributed by atoms with Gasteiger partial charge in [0.1, 0.15) is 12.4 Å². The molecule has 3 aromatic rings. The molecule has 4 rings (SSSR count). The van der Waals surface area contributed by atoms with E-state index in [9.17, 15) is 4.79 Å². The number of hydrogen-bond acceptors (Lipinski definition) is 4. The molecule has 0 bridgehead atoms. The van der Waals surface area contributed by atoms with Gasteiger partial charge in [-0.15, -0.1) is 10.2 Å². The second kappa shape index (κ2) is 8.20. The van der Waals surface area contributed by atoms with Crippen molar-refractivity contribution in [3.8, 4) is 0 Å². The molecule has 3 heterocycles. The lowest BCUT2D eigenvalue weighted by Gasteiger charge is -2.24. The van der Waals surface area contributed by atoms with Crippen molar-refractivity contribution in [3.63, 3.8) is 0 Å². The van der Waals surface area contributed by atoms with Gasteiger partial charge in [0, 0.05) is 36.7 Å². The summed E-state index contributed by atoms with van der Waals surface area (Å²) in [6.45, 7) is 0.385. The maximum Gasteiger partial charge on any atom is 0.243 e.